The van der Waals surface area contributed by atoms with E-state index in [0.717, 1.165) is 23.1 Å². The Balaban J connectivity index is 1.83. The van der Waals surface area contributed by atoms with Crippen molar-refractivity contribution in [2.45, 2.75) is 6.54 Å². The van der Waals surface area contributed by atoms with Crippen LogP contribution < -0.4 is 5.32 Å². The van der Waals surface area contributed by atoms with E-state index in [1.54, 1.807) is 13.2 Å². The molecule has 1 amide bonds. The van der Waals surface area contributed by atoms with E-state index in [1.165, 1.54) is 12.3 Å². The van der Waals surface area contributed by atoms with E-state index >= 15 is 0 Å². The molecule has 8 nitrogen and oxygen atoms in total. The fourth-order valence-corrected chi connectivity index (χ4v) is 2.54. The summed E-state index contributed by atoms with van der Waals surface area (Å²) in [7, 11) is 1.67. The summed E-state index contributed by atoms with van der Waals surface area (Å²) >= 11 is 0. The molecule has 25 heavy (non-hydrogen) atoms. The Kier molecular flexibility index (Phi) is 4.94. The van der Waals surface area contributed by atoms with Crippen LogP contribution in [0, 0.1) is 0 Å². The number of benzene rings is 1. The fraction of sp³-hybridized carbons (Fsp3) is 0.176. The zero-order valence-corrected chi connectivity index (χ0v) is 13.6. The minimum atomic E-state index is -0.280. The number of amides is 1. The van der Waals surface area contributed by atoms with Crippen molar-refractivity contribution in [2.24, 2.45) is 5.11 Å². The Morgan fingerprint density at radius 2 is 2.24 bits per heavy atom. The highest BCUT2D eigenvalue weighted by Gasteiger charge is 2.10. The molecule has 2 heterocycles. The lowest BCUT2D eigenvalue weighted by atomic mass is 10.2. The third-order valence-electron chi connectivity index (χ3n) is 3.76. The van der Waals surface area contributed by atoms with Crippen molar-refractivity contribution in [2.75, 3.05) is 19.0 Å². The number of carbonyl (C=O) groups is 1. The van der Waals surface area contributed by atoms with Crippen LogP contribution in [-0.2, 0) is 11.3 Å². The standard InChI is InChI=1S/C17H16N6O2/c1-25-10-9-23-8-7-13-14(3-2-4-15(13)23)20-17(24)12-5-6-16(19-11-12)21-22-18/h2-8,11H,9-10H2,1H3,(H,20,24). The molecule has 0 unspecified atom stereocenters. The summed E-state index contributed by atoms with van der Waals surface area (Å²) in [5.41, 5.74) is 10.5. The second-order valence-corrected chi connectivity index (χ2v) is 5.29. The molecule has 3 rings (SSSR count). The molecular weight excluding hydrogens is 320 g/mol. The van der Waals surface area contributed by atoms with Crippen molar-refractivity contribution in [3.05, 3.63) is 64.8 Å². The van der Waals surface area contributed by atoms with E-state index in [-0.39, 0.29) is 11.7 Å². The maximum absolute atomic E-state index is 12.4. The second kappa shape index (κ2) is 7.48. The number of methoxy groups -OCH3 is 1. The first-order valence-corrected chi connectivity index (χ1v) is 7.62. The van der Waals surface area contributed by atoms with Crippen LogP contribution in [0.2, 0.25) is 0 Å². The van der Waals surface area contributed by atoms with Gasteiger partial charge >= 0.3 is 0 Å². The lowest BCUT2D eigenvalue weighted by Gasteiger charge is -2.08. The van der Waals surface area contributed by atoms with Crippen LogP contribution in [0.4, 0.5) is 11.5 Å². The lowest BCUT2D eigenvalue weighted by molar-refractivity contribution is 0.102. The smallest absolute Gasteiger partial charge is 0.257 e. The van der Waals surface area contributed by atoms with E-state index in [0.29, 0.717) is 12.2 Å². The van der Waals surface area contributed by atoms with Crippen LogP contribution in [0.1, 0.15) is 10.4 Å². The van der Waals surface area contributed by atoms with Crippen molar-refractivity contribution in [3.8, 4) is 0 Å². The van der Waals surface area contributed by atoms with Gasteiger partial charge in [0.2, 0.25) is 0 Å². The normalized spacial score (nSPS) is 10.4. The topological polar surface area (TPSA) is 105 Å². The predicted molar refractivity (Wildman–Crippen MR) is 94.8 cm³/mol. The van der Waals surface area contributed by atoms with Gasteiger partial charge in [-0.25, -0.2) is 0 Å². The van der Waals surface area contributed by atoms with Gasteiger partial charge in [0.05, 0.1) is 23.4 Å². The third-order valence-corrected chi connectivity index (χ3v) is 3.76. The number of azide groups is 1. The molecule has 0 saturated carbocycles. The summed E-state index contributed by atoms with van der Waals surface area (Å²) in [6.07, 6.45) is 3.35. The number of fused-ring (bicyclic) bond motifs is 1. The van der Waals surface area contributed by atoms with Crippen molar-refractivity contribution in [3.63, 3.8) is 0 Å². The molecule has 0 saturated heterocycles. The van der Waals surface area contributed by atoms with E-state index in [9.17, 15) is 4.79 Å². The number of carbonyl (C=O) groups excluding carboxylic acids is 1. The number of aromatic nitrogens is 2. The van der Waals surface area contributed by atoms with Crippen LogP contribution in [0.15, 0.2) is 53.9 Å². The summed E-state index contributed by atoms with van der Waals surface area (Å²) in [6.45, 7) is 1.35. The molecule has 0 aliphatic rings. The molecular formula is C17H16N6O2. The zero-order chi connectivity index (χ0) is 17.6. The molecule has 0 spiro atoms. The van der Waals surface area contributed by atoms with Gasteiger partial charge in [0.15, 0.2) is 0 Å². The number of nitrogens with zero attached hydrogens (tertiary/aromatic N) is 5. The zero-order valence-electron chi connectivity index (χ0n) is 13.6. The molecule has 8 heteroatoms. The molecule has 0 bridgehead atoms. The highest BCUT2D eigenvalue weighted by atomic mass is 16.5. The second-order valence-electron chi connectivity index (χ2n) is 5.29. The lowest BCUT2D eigenvalue weighted by Crippen LogP contribution is -2.12. The molecule has 3 aromatic rings. The van der Waals surface area contributed by atoms with Crippen molar-refractivity contribution < 1.29 is 9.53 Å². The largest absolute Gasteiger partial charge is 0.383 e. The Morgan fingerprint density at radius 1 is 1.36 bits per heavy atom. The van der Waals surface area contributed by atoms with Crippen molar-refractivity contribution in [1.29, 1.82) is 0 Å². The molecule has 2 aromatic heterocycles. The number of ether oxygens (including phenoxy) is 1. The summed E-state index contributed by atoms with van der Waals surface area (Å²) in [5, 5.41) is 7.23. The first-order valence-electron chi connectivity index (χ1n) is 7.62. The van der Waals surface area contributed by atoms with Gasteiger partial charge in [0, 0.05) is 36.3 Å². The number of hydrogen-bond acceptors (Lipinski definition) is 4. The Hall–Kier alpha value is -3.35. The van der Waals surface area contributed by atoms with Gasteiger partial charge < -0.3 is 14.6 Å². The maximum Gasteiger partial charge on any atom is 0.257 e. The first kappa shape index (κ1) is 16.5. The average Bonchev–Trinajstić information content (AvgIpc) is 3.05. The SMILES string of the molecule is COCCn1ccc2c(NC(=O)c3ccc(N=[N+]=[N-])nc3)cccc21. The Morgan fingerprint density at radius 3 is 2.96 bits per heavy atom. The number of pyridine rings is 1. The highest BCUT2D eigenvalue weighted by molar-refractivity contribution is 6.08. The molecule has 1 N–H and O–H groups in total. The van der Waals surface area contributed by atoms with Crippen LogP contribution in [0.5, 0.6) is 0 Å². The monoisotopic (exact) mass is 336 g/mol. The summed E-state index contributed by atoms with van der Waals surface area (Å²) < 4.78 is 7.19. The molecule has 0 fully saturated rings. The summed E-state index contributed by atoms with van der Waals surface area (Å²) in [4.78, 5) is 19.0. The van der Waals surface area contributed by atoms with Gasteiger partial charge in [0.1, 0.15) is 5.82 Å². The van der Waals surface area contributed by atoms with Crippen LogP contribution >= 0.6 is 0 Å². The molecule has 1 aromatic carbocycles. The molecule has 126 valence electrons. The maximum atomic E-state index is 12.4. The molecule has 0 aliphatic heterocycles. The number of rotatable bonds is 6. The first-order chi connectivity index (χ1) is 12.2. The van der Waals surface area contributed by atoms with E-state index in [2.05, 4.69) is 24.9 Å². The van der Waals surface area contributed by atoms with Gasteiger partial charge in [-0.2, -0.15) is 0 Å². The minimum Gasteiger partial charge on any atom is -0.383 e. The quantitative estimate of drug-likeness (QED) is 0.419. The Bertz CT molecular complexity index is 941. The third kappa shape index (κ3) is 3.60. The average molecular weight is 336 g/mol. The van der Waals surface area contributed by atoms with Crippen LogP contribution in [0.3, 0.4) is 0 Å². The van der Waals surface area contributed by atoms with Crippen LogP contribution in [-0.4, -0.2) is 29.2 Å². The van der Waals surface area contributed by atoms with Gasteiger partial charge in [-0.3, -0.25) is 9.78 Å². The molecule has 0 radical (unpaired) electrons. The predicted octanol–water partition coefficient (Wildman–Crippen LogP) is 3.88. The highest BCUT2D eigenvalue weighted by Crippen LogP contribution is 2.25. The molecule has 0 aliphatic carbocycles. The van der Waals surface area contributed by atoms with Gasteiger partial charge in [0.25, 0.3) is 5.91 Å². The summed E-state index contributed by atoms with van der Waals surface area (Å²) in [5.74, 6) is -0.0616. The van der Waals surface area contributed by atoms with E-state index in [1.807, 2.05) is 30.5 Å². The van der Waals surface area contributed by atoms with Gasteiger partial charge in [-0.1, -0.05) is 6.07 Å². The number of hydrogen-bond donors (Lipinski definition) is 1. The number of nitrogens with one attached hydrogen (secondary N) is 1. The van der Waals surface area contributed by atoms with E-state index in [4.69, 9.17) is 10.3 Å². The van der Waals surface area contributed by atoms with Crippen molar-refractivity contribution >= 4 is 28.3 Å². The number of anilines is 1. The van der Waals surface area contributed by atoms with Crippen molar-refractivity contribution in [1.82, 2.24) is 9.55 Å². The van der Waals surface area contributed by atoms with E-state index < -0.39 is 0 Å². The molecule has 0 atom stereocenters. The van der Waals surface area contributed by atoms with Gasteiger partial charge in [-0.05, 0) is 41.0 Å². The Labute approximate surface area is 143 Å². The van der Waals surface area contributed by atoms with Crippen LogP contribution in [0.25, 0.3) is 21.3 Å². The minimum absolute atomic E-state index is 0.219. The summed E-state index contributed by atoms with van der Waals surface area (Å²) in [6, 6.07) is 10.8. The fourth-order valence-electron chi connectivity index (χ4n) is 2.54. The van der Waals surface area contributed by atoms with Gasteiger partial charge in [-0.15, -0.1) is 0 Å².